The minimum atomic E-state index is -0.147. The predicted octanol–water partition coefficient (Wildman–Crippen LogP) is 2.78. The molecule has 0 bridgehead atoms. The molecule has 0 saturated heterocycles. The lowest BCUT2D eigenvalue weighted by Crippen LogP contribution is -2.20. The number of benzene rings is 1. The van der Waals surface area contributed by atoms with Crippen molar-refractivity contribution in [3.05, 3.63) is 35.6 Å². The lowest BCUT2D eigenvalue weighted by molar-refractivity contribution is 0.464. The zero-order valence-corrected chi connectivity index (χ0v) is 9.05. The van der Waals surface area contributed by atoms with Crippen LogP contribution < -0.4 is 5.32 Å². The van der Waals surface area contributed by atoms with E-state index in [0.29, 0.717) is 11.8 Å². The van der Waals surface area contributed by atoms with Gasteiger partial charge in [0.1, 0.15) is 5.82 Å². The van der Waals surface area contributed by atoms with Gasteiger partial charge in [0.05, 0.1) is 0 Å². The van der Waals surface area contributed by atoms with Crippen molar-refractivity contribution in [1.82, 2.24) is 5.32 Å². The Morgan fingerprint density at radius 3 is 2.64 bits per heavy atom. The second-order valence-corrected chi connectivity index (χ2v) is 3.88. The minimum absolute atomic E-state index is 0.147. The Morgan fingerprint density at radius 2 is 2.07 bits per heavy atom. The van der Waals surface area contributed by atoms with Crippen molar-refractivity contribution in [3.8, 4) is 0 Å². The smallest absolute Gasteiger partial charge is 0.123 e. The quantitative estimate of drug-likeness (QED) is 0.779. The molecule has 2 unspecified atom stereocenters. The van der Waals surface area contributed by atoms with Crippen molar-refractivity contribution in [2.24, 2.45) is 5.92 Å². The molecule has 0 aliphatic carbocycles. The van der Waals surface area contributed by atoms with Crippen LogP contribution in [0.2, 0.25) is 0 Å². The van der Waals surface area contributed by atoms with Gasteiger partial charge in [0.15, 0.2) is 0 Å². The first-order valence-corrected chi connectivity index (χ1v) is 5.05. The van der Waals surface area contributed by atoms with E-state index in [1.165, 1.54) is 6.07 Å². The summed E-state index contributed by atoms with van der Waals surface area (Å²) in [5, 5.41) is 3.14. The molecular formula is C12H18FN. The summed E-state index contributed by atoms with van der Waals surface area (Å²) < 4.78 is 13.0. The lowest BCUT2D eigenvalue weighted by atomic mass is 9.89. The molecule has 0 fully saturated rings. The van der Waals surface area contributed by atoms with E-state index in [0.717, 1.165) is 12.1 Å². The lowest BCUT2D eigenvalue weighted by Gasteiger charge is -2.19. The van der Waals surface area contributed by atoms with Gasteiger partial charge in [0.25, 0.3) is 0 Å². The SMILES string of the molecule is CNCC(C)C(C)c1cccc(F)c1. The molecule has 2 atom stereocenters. The summed E-state index contributed by atoms with van der Waals surface area (Å²) in [6.45, 7) is 5.26. The molecule has 1 nitrogen and oxygen atoms in total. The summed E-state index contributed by atoms with van der Waals surface area (Å²) in [6, 6.07) is 6.86. The van der Waals surface area contributed by atoms with Crippen molar-refractivity contribution in [3.63, 3.8) is 0 Å². The highest BCUT2D eigenvalue weighted by Gasteiger charge is 2.13. The fourth-order valence-electron chi connectivity index (χ4n) is 1.62. The summed E-state index contributed by atoms with van der Waals surface area (Å²) in [5.41, 5.74) is 1.08. The van der Waals surface area contributed by atoms with Crippen LogP contribution in [-0.4, -0.2) is 13.6 Å². The van der Waals surface area contributed by atoms with Gasteiger partial charge in [0.2, 0.25) is 0 Å². The van der Waals surface area contributed by atoms with Gasteiger partial charge < -0.3 is 5.32 Å². The average Bonchev–Trinajstić information content (AvgIpc) is 2.17. The summed E-state index contributed by atoms with van der Waals surface area (Å²) in [5.74, 6) is 0.756. The molecule has 1 aromatic carbocycles. The second kappa shape index (κ2) is 5.11. The average molecular weight is 195 g/mol. The third kappa shape index (κ3) is 2.81. The van der Waals surface area contributed by atoms with E-state index >= 15 is 0 Å². The first kappa shape index (κ1) is 11.2. The Balaban J connectivity index is 2.73. The first-order chi connectivity index (χ1) is 6.65. The van der Waals surface area contributed by atoms with Gasteiger partial charge in [0, 0.05) is 0 Å². The Labute approximate surface area is 85.3 Å². The van der Waals surface area contributed by atoms with Crippen molar-refractivity contribution < 1.29 is 4.39 Å². The Kier molecular flexibility index (Phi) is 4.08. The van der Waals surface area contributed by atoms with Crippen LogP contribution in [-0.2, 0) is 0 Å². The fraction of sp³-hybridized carbons (Fsp3) is 0.500. The van der Waals surface area contributed by atoms with Crippen LogP contribution in [0, 0.1) is 11.7 Å². The minimum Gasteiger partial charge on any atom is -0.319 e. The van der Waals surface area contributed by atoms with E-state index in [1.807, 2.05) is 13.1 Å². The molecule has 1 aromatic rings. The van der Waals surface area contributed by atoms with Crippen LogP contribution >= 0.6 is 0 Å². The number of halogens is 1. The Bertz CT molecular complexity index is 285. The van der Waals surface area contributed by atoms with E-state index in [2.05, 4.69) is 19.2 Å². The number of nitrogens with one attached hydrogen (secondary N) is 1. The largest absolute Gasteiger partial charge is 0.319 e. The van der Waals surface area contributed by atoms with Crippen LogP contribution in [0.25, 0.3) is 0 Å². The third-order valence-electron chi connectivity index (χ3n) is 2.75. The maximum absolute atomic E-state index is 13.0. The molecule has 0 radical (unpaired) electrons. The molecule has 0 aliphatic heterocycles. The van der Waals surface area contributed by atoms with Crippen LogP contribution in [0.1, 0.15) is 25.3 Å². The van der Waals surface area contributed by atoms with Gasteiger partial charge in [-0.2, -0.15) is 0 Å². The van der Waals surface area contributed by atoms with Crippen molar-refractivity contribution in [2.75, 3.05) is 13.6 Å². The van der Waals surface area contributed by atoms with Gasteiger partial charge in [-0.1, -0.05) is 26.0 Å². The van der Waals surface area contributed by atoms with E-state index in [4.69, 9.17) is 0 Å². The maximum Gasteiger partial charge on any atom is 0.123 e. The Hall–Kier alpha value is -0.890. The number of rotatable bonds is 4. The molecule has 1 rings (SSSR count). The van der Waals surface area contributed by atoms with Crippen LogP contribution in [0.4, 0.5) is 4.39 Å². The first-order valence-electron chi connectivity index (χ1n) is 5.05. The highest BCUT2D eigenvalue weighted by molar-refractivity contribution is 5.20. The van der Waals surface area contributed by atoms with Gasteiger partial charge in [-0.05, 0) is 43.1 Å². The van der Waals surface area contributed by atoms with Crippen LogP contribution in [0.5, 0.6) is 0 Å². The van der Waals surface area contributed by atoms with E-state index < -0.39 is 0 Å². The summed E-state index contributed by atoms with van der Waals surface area (Å²) in [6.07, 6.45) is 0. The van der Waals surface area contributed by atoms with Gasteiger partial charge in [-0.25, -0.2) is 4.39 Å². The van der Waals surface area contributed by atoms with Crippen molar-refractivity contribution in [1.29, 1.82) is 0 Å². The van der Waals surface area contributed by atoms with Crippen LogP contribution in [0.15, 0.2) is 24.3 Å². The molecule has 0 heterocycles. The van der Waals surface area contributed by atoms with Gasteiger partial charge in [-0.15, -0.1) is 0 Å². The van der Waals surface area contributed by atoms with Crippen molar-refractivity contribution >= 4 is 0 Å². The maximum atomic E-state index is 13.0. The predicted molar refractivity (Wildman–Crippen MR) is 57.9 cm³/mol. The summed E-state index contributed by atoms with van der Waals surface area (Å²) in [7, 11) is 1.94. The number of hydrogen-bond acceptors (Lipinski definition) is 1. The highest BCUT2D eigenvalue weighted by Crippen LogP contribution is 2.23. The second-order valence-electron chi connectivity index (χ2n) is 3.88. The molecule has 0 amide bonds. The molecule has 0 spiro atoms. The molecule has 0 aliphatic rings. The molecule has 78 valence electrons. The topological polar surface area (TPSA) is 12.0 Å². The standard InChI is InChI=1S/C12H18FN/c1-9(8-14-3)10(2)11-5-4-6-12(13)7-11/h4-7,9-10,14H,8H2,1-3H3. The zero-order valence-electron chi connectivity index (χ0n) is 9.05. The number of hydrogen-bond donors (Lipinski definition) is 1. The molecular weight excluding hydrogens is 177 g/mol. The fourth-order valence-corrected chi connectivity index (χ4v) is 1.62. The molecule has 0 aromatic heterocycles. The highest BCUT2D eigenvalue weighted by atomic mass is 19.1. The summed E-state index contributed by atoms with van der Waals surface area (Å²) >= 11 is 0. The van der Waals surface area contributed by atoms with Gasteiger partial charge in [-0.3, -0.25) is 0 Å². The molecule has 0 saturated carbocycles. The third-order valence-corrected chi connectivity index (χ3v) is 2.75. The van der Waals surface area contributed by atoms with E-state index in [-0.39, 0.29) is 5.82 Å². The molecule has 2 heteroatoms. The van der Waals surface area contributed by atoms with Crippen LogP contribution in [0.3, 0.4) is 0 Å². The Morgan fingerprint density at radius 1 is 1.36 bits per heavy atom. The zero-order chi connectivity index (χ0) is 10.6. The van der Waals surface area contributed by atoms with Gasteiger partial charge >= 0.3 is 0 Å². The van der Waals surface area contributed by atoms with Crippen molar-refractivity contribution in [2.45, 2.75) is 19.8 Å². The summed E-state index contributed by atoms with van der Waals surface area (Å²) in [4.78, 5) is 0. The normalized spacial score (nSPS) is 15.1. The molecule has 1 N–H and O–H groups in total. The molecule has 14 heavy (non-hydrogen) atoms. The van der Waals surface area contributed by atoms with E-state index in [9.17, 15) is 4.39 Å². The van der Waals surface area contributed by atoms with E-state index in [1.54, 1.807) is 12.1 Å². The monoisotopic (exact) mass is 195 g/mol.